The first-order valence-electron chi connectivity index (χ1n) is 7.23. The molecule has 1 fully saturated rings. The molecule has 2 heteroatoms. The molecule has 18 heavy (non-hydrogen) atoms. The Morgan fingerprint density at radius 3 is 2.61 bits per heavy atom. The van der Waals surface area contributed by atoms with E-state index >= 15 is 0 Å². The van der Waals surface area contributed by atoms with Crippen LogP contribution < -0.4 is 10.2 Å². The van der Waals surface area contributed by atoms with E-state index in [0.717, 1.165) is 12.3 Å². The molecule has 1 unspecified atom stereocenters. The van der Waals surface area contributed by atoms with Gasteiger partial charge in [-0.05, 0) is 43.9 Å². The maximum absolute atomic E-state index is 3.42. The number of hydrogen-bond donors (Lipinski definition) is 1. The van der Waals surface area contributed by atoms with Crippen LogP contribution >= 0.6 is 0 Å². The first kappa shape index (κ1) is 13.4. The van der Waals surface area contributed by atoms with Crippen LogP contribution in [0.1, 0.15) is 44.2 Å². The molecule has 1 atom stereocenters. The summed E-state index contributed by atoms with van der Waals surface area (Å²) in [5.74, 6) is 0.915. The van der Waals surface area contributed by atoms with E-state index in [1.54, 1.807) is 0 Å². The highest BCUT2D eigenvalue weighted by molar-refractivity contribution is 5.54. The molecule has 1 aromatic carbocycles. The summed E-state index contributed by atoms with van der Waals surface area (Å²) in [6.45, 7) is 3.45. The van der Waals surface area contributed by atoms with E-state index in [-0.39, 0.29) is 0 Å². The Labute approximate surface area is 111 Å². The van der Waals surface area contributed by atoms with Gasteiger partial charge >= 0.3 is 0 Å². The molecule has 2 rings (SSSR count). The van der Waals surface area contributed by atoms with Gasteiger partial charge in [0.1, 0.15) is 0 Å². The standard InChI is InChI=1S/C16H26N2/c1-4-15(17-2)14-10-5-6-11-16(14)18(3)12-13-8-7-9-13/h5-6,10-11,13,15,17H,4,7-9,12H2,1-3H3. The van der Waals surface area contributed by atoms with E-state index in [9.17, 15) is 0 Å². The molecule has 0 aromatic heterocycles. The fourth-order valence-electron chi connectivity index (χ4n) is 2.87. The van der Waals surface area contributed by atoms with E-state index in [4.69, 9.17) is 0 Å². The van der Waals surface area contributed by atoms with Crippen LogP contribution in [0.25, 0.3) is 0 Å². The summed E-state index contributed by atoms with van der Waals surface area (Å²) in [7, 11) is 4.29. The fourth-order valence-corrected chi connectivity index (χ4v) is 2.87. The molecule has 0 spiro atoms. The van der Waals surface area contributed by atoms with E-state index in [0.29, 0.717) is 6.04 Å². The van der Waals surface area contributed by atoms with Crippen molar-refractivity contribution in [3.8, 4) is 0 Å². The van der Waals surface area contributed by atoms with E-state index < -0.39 is 0 Å². The Hall–Kier alpha value is -1.02. The Kier molecular flexibility index (Phi) is 4.65. The van der Waals surface area contributed by atoms with E-state index in [2.05, 4.69) is 55.5 Å². The zero-order valence-electron chi connectivity index (χ0n) is 11.9. The molecule has 0 radical (unpaired) electrons. The largest absolute Gasteiger partial charge is 0.374 e. The molecule has 0 bridgehead atoms. The number of nitrogens with zero attached hydrogens (tertiary/aromatic N) is 1. The average molecular weight is 246 g/mol. The average Bonchev–Trinajstić information content (AvgIpc) is 2.36. The third-order valence-electron chi connectivity index (χ3n) is 4.24. The van der Waals surface area contributed by atoms with Crippen molar-refractivity contribution in [2.45, 2.75) is 38.6 Å². The van der Waals surface area contributed by atoms with Crippen LogP contribution in [0.3, 0.4) is 0 Å². The van der Waals surface area contributed by atoms with Gasteiger partial charge in [-0.25, -0.2) is 0 Å². The summed E-state index contributed by atoms with van der Waals surface area (Å²) < 4.78 is 0. The second kappa shape index (κ2) is 6.24. The maximum Gasteiger partial charge on any atom is 0.0412 e. The highest BCUT2D eigenvalue weighted by atomic mass is 15.1. The summed E-state index contributed by atoms with van der Waals surface area (Å²) in [6, 6.07) is 9.28. The van der Waals surface area contributed by atoms with Gasteiger partial charge in [-0.15, -0.1) is 0 Å². The van der Waals surface area contributed by atoms with E-state index in [1.807, 2.05) is 0 Å². The Morgan fingerprint density at radius 1 is 1.33 bits per heavy atom. The van der Waals surface area contributed by atoms with Gasteiger partial charge < -0.3 is 10.2 Å². The monoisotopic (exact) mass is 246 g/mol. The molecule has 2 nitrogen and oxygen atoms in total. The number of rotatable bonds is 6. The molecular formula is C16H26N2. The van der Waals surface area contributed by atoms with Crippen molar-refractivity contribution in [3.05, 3.63) is 29.8 Å². The Bertz CT molecular complexity index is 367. The first-order valence-corrected chi connectivity index (χ1v) is 7.23. The minimum atomic E-state index is 0.463. The van der Waals surface area contributed by atoms with Gasteiger partial charge in [0.05, 0.1) is 0 Å². The normalized spacial score (nSPS) is 17.3. The molecule has 0 saturated heterocycles. The van der Waals surface area contributed by atoms with Crippen molar-refractivity contribution in [2.24, 2.45) is 5.92 Å². The van der Waals surface area contributed by atoms with Crippen molar-refractivity contribution < 1.29 is 0 Å². The maximum atomic E-state index is 3.42. The van der Waals surface area contributed by atoms with Crippen molar-refractivity contribution in [3.63, 3.8) is 0 Å². The highest BCUT2D eigenvalue weighted by Crippen LogP contribution is 2.31. The van der Waals surface area contributed by atoms with Crippen molar-refractivity contribution >= 4 is 5.69 Å². The summed E-state index contributed by atoms with van der Waals surface area (Å²) in [5, 5.41) is 3.42. The number of anilines is 1. The third-order valence-corrected chi connectivity index (χ3v) is 4.24. The molecule has 0 amide bonds. The van der Waals surface area contributed by atoms with Crippen LogP contribution in [0.2, 0.25) is 0 Å². The first-order chi connectivity index (χ1) is 8.76. The molecule has 1 saturated carbocycles. The second-order valence-corrected chi connectivity index (χ2v) is 5.49. The minimum Gasteiger partial charge on any atom is -0.374 e. The lowest BCUT2D eigenvalue weighted by Crippen LogP contribution is -2.30. The van der Waals surface area contributed by atoms with E-state index in [1.165, 1.54) is 37.1 Å². The number of benzene rings is 1. The molecule has 100 valence electrons. The van der Waals surface area contributed by atoms with Crippen molar-refractivity contribution in [1.29, 1.82) is 0 Å². The molecule has 1 aromatic rings. The molecule has 1 aliphatic rings. The van der Waals surface area contributed by atoms with Crippen LogP contribution in [0.15, 0.2) is 24.3 Å². The quantitative estimate of drug-likeness (QED) is 0.825. The molecule has 1 aliphatic carbocycles. The molecule has 0 heterocycles. The van der Waals surface area contributed by atoms with Gasteiger partial charge in [0, 0.05) is 25.3 Å². The number of para-hydroxylation sites is 1. The van der Waals surface area contributed by atoms with Crippen LogP contribution in [0, 0.1) is 5.92 Å². The van der Waals surface area contributed by atoms with Crippen molar-refractivity contribution in [2.75, 3.05) is 25.5 Å². The zero-order chi connectivity index (χ0) is 13.0. The van der Waals surface area contributed by atoms with Crippen LogP contribution in [-0.4, -0.2) is 20.6 Å². The smallest absolute Gasteiger partial charge is 0.0412 e. The van der Waals surface area contributed by atoms with Gasteiger partial charge in [0.2, 0.25) is 0 Å². The summed E-state index contributed by atoms with van der Waals surface area (Å²) in [6.07, 6.45) is 5.38. The minimum absolute atomic E-state index is 0.463. The molecular weight excluding hydrogens is 220 g/mol. The molecule has 1 N–H and O–H groups in total. The predicted molar refractivity (Wildman–Crippen MR) is 79.1 cm³/mol. The SMILES string of the molecule is CCC(NC)c1ccccc1N(C)CC1CCC1. The lowest BCUT2D eigenvalue weighted by Gasteiger charge is -2.33. The highest BCUT2D eigenvalue weighted by Gasteiger charge is 2.21. The van der Waals surface area contributed by atoms with Crippen LogP contribution in [0.4, 0.5) is 5.69 Å². The fraction of sp³-hybridized carbons (Fsp3) is 0.625. The Balaban J connectivity index is 2.14. The topological polar surface area (TPSA) is 15.3 Å². The van der Waals surface area contributed by atoms with Crippen LogP contribution in [-0.2, 0) is 0 Å². The lowest BCUT2D eigenvalue weighted by molar-refractivity contribution is 0.321. The number of hydrogen-bond acceptors (Lipinski definition) is 2. The van der Waals surface area contributed by atoms with Gasteiger partial charge in [0.25, 0.3) is 0 Å². The zero-order valence-corrected chi connectivity index (χ0v) is 11.9. The summed E-state index contributed by atoms with van der Waals surface area (Å²) in [5.41, 5.74) is 2.83. The van der Waals surface area contributed by atoms with Gasteiger partial charge in [-0.2, -0.15) is 0 Å². The lowest BCUT2D eigenvalue weighted by atomic mass is 9.85. The number of nitrogens with one attached hydrogen (secondary N) is 1. The second-order valence-electron chi connectivity index (χ2n) is 5.49. The van der Waals surface area contributed by atoms with Crippen molar-refractivity contribution in [1.82, 2.24) is 5.32 Å². The van der Waals surface area contributed by atoms with Gasteiger partial charge in [0.15, 0.2) is 0 Å². The Morgan fingerprint density at radius 2 is 2.06 bits per heavy atom. The van der Waals surface area contributed by atoms with Gasteiger partial charge in [-0.3, -0.25) is 0 Å². The van der Waals surface area contributed by atoms with Gasteiger partial charge in [-0.1, -0.05) is 31.5 Å². The summed E-state index contributed by atoms with van der Waals surface area (Å²) >= 11 is 0. The summed E-state index contributed by atoms with van der Waals surface area (Å²) in [4.78, 5) is 2.44. The predicted octanol–water partition coefficient (Wildman–Crippen LogP) is 3.59. The molecule has 0 aliphatic heterocycles. The van der Waals surface area contributed by atoms with Crippen LogP contribution in [0.5, 0.6) is 0 Å². The third kappa shape index (κ3) is 2.86.